The molecule has 0 saturated heterocycles. The highest BCUT2D eigenvalue weighted by molar-refractivity contribution is 5.65. The van der Waals surface area contributed by atoms with Crippen molar-refractivity contribution in [3.63, 3.8) is 0 Å². The molecule has 2 rings (SSSR count). The third-order valence-corrected chi connectivity index (χ3v) is 4.75. The van der Waals surface area contributed by atoms with Gasteiger partial charge < -0.3 is 10.2 Å². The molecule has 0 radical (unpaired) electrons. The number of hydrogen-bond acceptors (Lipinski definition) is 6. The van der Waals surface area contributed by atoms with E-state index in [0.717, 1.165) is 6.07 Å². The summed E-state index contributed by atoms with van der Waals surface area (Å²) in [4.78, 5) is 23.0. The molecular weight excluding hydrogens is 312 g/mol. The molecule has 0 aromatic heterocycles. The van der Waals surface area contributed by atoms with Crippen LogP contribution >= 0.6 is 0 Å². The minimum absolute atomic E-state index is 0.259. The summed E-state index contributed by atoms with van der Waals surface area (Å²) < 4.78 is 0. The van der Waals surface area contributed by atoms with Crippen LogP contribution in [0.3, 0.4) is 0 Å². The van der Waals surface area contributed by atoms with E-state index in [1.807, 2.05) is 14.1 Å². The van der Waals surface area contributed by atoms with Crippen molar-refractivity contribution in [2.24, 2.45) is 5.92 Å². The molecule has 1 atom stereocenters. The maximum atomic E-state index is 11.2. The number of non-ortho nitro benzene ring substituents is 1. The fourth-order valence-corrected chi connectivity index (χ4v) is 3.44. The molecule has 1 aliphatic carbocycles. The number of hydrogen-bond donors (Lipinski definition) is 1. The highest BCUT2D eigenvalue weighted by Crippen LogP contribution is 2.31. The van der Waals surface area contributed by atoms with Gasteiger partial charge in [-0.25, -0.2) is 0 Å². The summed E-state index contributed by atoms with van der Waals surface area (Å²) in [6.07, 6.45) is 6.08. The van der Waals surface area contributed by atoms with Gasteiger partial charge in [-0.15, -0.1) is 0 Å². The molecule has 0 spiro atoms. The lowest BCUT2D eigenvalue weighted by Crippen LogP contribution is -2.41. The summed E-state index contributed by atoms with van der Waals surface area (Å²) in [5, 5.41) is 25.1. The maximum Gasteiger partial charge on any atom is 0.299 e. The van der Waals surface area contributed by atoms with Crippen LogP contribution in [0.1, 0.15) is 32.1 Å². The summed E-state index contributed by atoms with van der Waals surface area (Å²) in [6.45, 7) is 0.580. The van der Waals surface area contributed by atoms with Gasteiger partial charge in [-0.05, 0) is 38.9 Å². The first-order valence-corrected chi connectivity index (χ1v) is 8.23. The molecule has 24 heavy (non-hydrogen) atoms. The summed E-state index contributed by atoms with van der Waals surface area (Å²) in [7, 11) is 4.04. The van der Waals surface area contributed by atoms with Crippen LogP contribution in [0.5, 0.6) is 0 Å². The van der Waals surface area contributed by atoms with Crippen LogP contribution in [0.15, 0.2) is 18.2 Å². The number of nitro groups is 2. The van der Waals surface area contributed by atoms with Crippen LogP contribution in [0.25, 0.3) is 0 Å². The van der Waals surface area contributed by atoms with Crippen LogP contribution in [0.2, 0.25) is 0 Å². The first kappa shape index (κ1) is 18.1. The first-order valence-electron chi connectivity index (χ1n) is 8.23. The zero-order chi connectivity index (χ0) is 17.7. The van der Waals surface area contributed by atoms with E-state index in [1.54, 1.807) is 0 Å². The van der Waals surface area contributed by atoms with Gasteiger partial charge >= 0.3 is 0 Å². The molecule has 1 aromatic carbocycles. The fraction of sp³-hybridized carbons (Fsp3) is 0.625. The molecule has 0 heterocycles. The van der Waals surface area contributed by atoms with Gasteiger partial charge in [0.1, 0.15) is 5.69 Å². The Bertz CT molecular complexity index is 600. The van der Waals surface area contributed by atoms with E-state index in [0.29, 0.717) is 18.2 Å². The summed E-state index contributed by atoms with van der Waals surface area (Å²) >= 11 is 0. The van der Waals surface area contributed by atoms with Crippen molar-refractivity contribution in [1.82, 2.24) is 4.90 Å². The SMILES string of the molecule is CN(C)C(CNc1ccc([N+](=O)[O-])cc1[N+](=O)[O-])C1CCCCC1. The van der Waals surface area contributed by atoms with E-state index < -0.39 is 9.85 Å². The van der Waals surface area contributed by atoms with Crippen LogP contribution in [-0.4, -0.2) is 41.4 Å². The molecule has 1 N–H and O–H groups in total. The second-order valence-electron chi connectivity index (χ2n) is 6.53. The van der Waals surface area contributed by atoms with Crippen LogP contribution < -0.4 is 5.32 Å². The number of nitro benzene ring substituents is 2. The maximum absolute atomic E-state index is 11.2. The predicted octanol–water partition coefficient (Wildman–Crippen LogP) is 3.43. The largest absolute Gasteiger partial charge is 0.378 e. The first-order chi connectivity index (χ1) is 11.4. The molecule has 0 amide bonds. The molecule has 132 valence electrons. The van der Waals surface area contributed by atoms with Gasteiger partial charge in [-0.3, -0.25) is 20.2 Å². The third kappa shape index (κ3) is 4.41. The van der Waals surface area contributed by atoms with E-state index in [1.165, 1.54) is 44.2 Å². The quantitative estimate of drug-likeness (QED) is 0.604. The minimum atomic E-state index is -0.624. The van der Waals surface area contributed by atoms with E-state index >= 15 is 0 Å². The van der Waals surface area contributed by atoms with Crippen LogP contribution in [0.4, 0.5) is 17.1 Å². The molecule has 0 aliphatic heterocycles. The summed E-state index contributed by atoms with van der Waals surface area (Å²) in [5.41, 5.74) is -0.206. The molecular formula is C16H24N4O4. The Labute approximate surface area is 141 Å². The van der Waals surface area contributed by atoms with Crippen molar-refractivity contribution in [3.8, 4) is 0 Å². The Morgan fingerprint density at radius 3 is 2.38 bits per heavy atom. The Kier molecular flexibility index (Phi) is 6.08. The van der Waals surface area contributed by atoms with Crippen LogP contribution in [0, 0.1) is 26.1 Å². The van der Waals surface area contributed by atoms with Crippen molar-refractivity contribution in [2.45, 2.75) is 38.1 Å². The lowest BCUT2D eigenvalue weighted by atomic mass is 9.83. The molecule has 0 bridgehead atoms. The van der Waals surface area contributed by atoms with Crippen molar-refractivity contribution in [2.75, 3.05) is 26.0 Å². The number of likely N-dealkylation sites (N-methyl/N-ethyl adjacent to an activating group) is 1. The van der Waals surface area contributed by atoms with Gasteiger partial charge in [0.05, 0.1) is 15.9 Å². The third-order valence-electron chi connectivity index (χ3n) is 4.75. The summed E-state index contributed by atoms with van der Waals surface area (Å²) in [6, 6.07) is 4.00. The molecule has 1 fully saturated rings. The zero-order valence-corrected chi connectivity index (χ0v) is 14.1. The average molecular weight is 336 g/mol. The average Bonchev–Trinajstić information content (AvgIpc) is 2.55. The number of anilines is 1. The highest BCUT2D eigenvalue weighted by Gasteiger charge is 2.26. The highest BCUT2D eigenvalue weighted by atomic mass is 16.6. The number of rotatable bonds is 7. The molecule has 8 heteroatoms. The Morgan fingerprint density at radius 2 is 1.83 bits per heavy atom. The lowest BCUT2D eigenvalue weighted by molar-refractivity contribution is -0.393. The topological polar surface area (TPSA) is 102 Å². The van der Waals surface area contributed by atoms with Crippen molar-refractivity contribution in [1.29, 1.82) is 0 Å². The molecule has 1 aliphatic rings. The second-order valence-corrected chi connectivity index (χ2v) is 6.53. The van der Waals surface area contributed by atoms with E-state index in [4.69, 9.17) is 0 Å². The van der Waals surface area contributed by atoms with Crippen molar-refractivity contribution < 1.29 is 9.85 Å². The standard InChI is InChI=1S/C16H24N4O4/c1-18(2)16(12-6-4-3-5-7-12)11-17-14-9-8-13(19(21)22)10-15(14)20(23)24/h8-10,12,16-17H,3-7,11H2,1-2H3. The number of nitrogens with zero attached hydrogens (tertiary/aromatic N) is 3. The van der Waals surface area contributed by atoms with Gasteiger partial charge in [0.25, 0.3) is 11.4 Å². The van der Waals surface area contributed by atoms with Gasteiger partial charge in [0, 0.05) is 18.7 Å². The minimum Gasteiger partial charge on any atom is -0.378 e. The molecule has 8 nitrogen and oxygen atoms in total. The van der Waals surface area contributed by atoms with E-state index in [-0.39, 0.29) is 17.4 Å². The van der Waals surface area contributed by atoms with Crippen molar-refractivity contribution >= 4 is 17.1 Å². The summed E-state index contributed by atoms with van der Waals surface area (Å²) in [5.74, 6) is 0.568. The normalized spacial score (nSPS) is 16.8. The van der Waals surface area contributed by atoms with E-state index in [9.17, 15) is 20.2 Å². The van der Waals surface area contributed by atoms with Crippen LogP contribution in [-0.2, 0) is 0 Å². The van der Waals surface area contributed by atoms with Crippen molar-refractivity contribution in [3.05, 3.63) is 38.4 Å². The van der Waals surface area contributed by atoms with Gasteiger partial charge in [-0.2, -0.15) is 0 Å². The van der Waals surface area contributed by atoms with Gasteiger partial charge in [0.2, 0.25) is 0 Å². The molecule has 1 unspecified atom stereocenters. The van der Waals surface area contributed by atoms with Gasteiger partial charge in [-0.1, -0.05) is 19.3 Å². The van der Waals surface area contributed by atoms with Gasteiger partial charge in [0.15, 0.2) is 0 Å². The lowest BCUT2D eigenvalue weighted by Gasteiger charge is -2.35. The molecule has 1 saturated carbocycles. The number of nitrogens with one attached hydrogen (secondary N) is 1. The predicted molar refractivity (Wildman–Crippen MR) is 92.3 cm³/mol. The monoisotopic (exact) mass is 336 g/mol. The number of benzene rings is 1. The fourth-order valence-electron chi connectivity index (χ4n) is 3.44. The second kappa shape index (κ2) is 8.05. The Balaban J connectivity index is 2.13. The molecule has 1 aromatic rings. The Hall–Kier alpha value is -2.22. The smallest absolute Gasteiger partial charge is 0.299 e. The zero-order valence-electron chi connectivity index (χ0n) is 14.1. The van der Waals surface area contributed by atoms with E-state index in [2.05, 4.69) is 10.2 Å². The Morgan fingerprint density at radius 1 is 1.17 bits per heavy atom.